The van der Waals surface area contributed by atoms with Gasteiger partial charge in [-0.2, -0.15) is 0 Å². The van der Waals surface area contributed by atoms with Crippen LogP contribution in [-0.2, 0) is 16.0 Å². The number of nitrogens with one attached hydrogen (secondary N) is 1. The Bertz CT molecular complexity index is 542. The standard InChI is InChI=1S/C15H17FN2O2/c16-12-4-2-1-3-10(12)7-8-18-9-13(19)17-14(15(18)20)11-5-6-11/h1-4,11,14H,5-9H2,(H,17,19). The molecule has 0 radical (unpaired) electrons. The van der Waals surface area contributed by atoms with Crippen LogP contribution in [0.2, 0.25) is 0 Å². The lowest BCUT2D eigenvalue weighted by Gasteiger charge is -2.32. The minimum absolute atomic E-state index is 0.0246. The van der Waals surface area contributed by atoms with Gasteiger partial charge in [0.2, 0.25) is 11.8 Å². The largest absolute Gasteiger partial charge is 0.342 e. The molecule has 5 heteroatoms. The molecule has 20 heavy (non-hydrogen) atoms. The average molecular weight is 276 g/mol. The van der Waals surface area contributed by atoms with E-state index in [1.54, 1.807) is 23.1 Å². The van der Waals surface area contributed by atoms with Crippen molar-refractivity contribution in [2.75, 3.05) is 13.1 Å². The second kappa shape index (κ2) is 5.23. The van der Waals surface area contributed by atoms with Crippen molar-refractivity contribution >= 4 is 11.8 Å². The molecule has 1 heterocycles. The van der Waals surface area contributed by atoms with Gasteiger partial charge in [0.05, 0.1) is 6.54 Å². The van der Waals surface area contributed by atoms with Gasteiger partial charge in [-0.1, -0.05) is 18.2 Å². The van der Waals surface area contributed by atoms with E-state index in [1.165, 1.54) is 6.07 Å². The van der Waals surface area contributed by atoms with Gasteiger partial charge in [-0.25, -0.2) is 4.39 Å². The van der Waals surface area contributed by atoms with Gasteiger partial charge in [0.1, 0.15) is 11.9 Å². The van der Waals surface area contributed by atoms with E-state index < -0.39 is 0 Å². The molecule has 0 bridgehead atoms. The molecule has 4 nitrogen and oxygen atoms in total. The minimum atomic E-state index is -0.364. The van der Waals surface area contributed by atoms with Crippen LogP contribution in [0.15, 0.2) is 24.3 Å². The van der Waals surface area contributed by atoms with Crippen LogP contribution in [-0.4, -0.2) is 35.8 Å². The molecule has 0 spiro atoms. The van der Waals surface area contributed by atoms with Gasteiger partial charge in [0.25, 0.3) is 0 Å². The van der Waals surface area contributed by atoms with E-state index in [1.807, 2.05) is 0 Å². The molecule has 2 fully saturated rings. The quantitative estimate of drug-likeness (QED) is 0.895. The van der Waals surface area contributed by atoms with Crippen LogP contribution in [0.4, 0.5) is 4.39 Å². The number of benzene rings is 1. The molecule has 1 saturated heterocycles. The molecule has 1 atom stereocenters. The van der Waals surface area contributed by atoms with Gasteiger partial charge in [0.15, 0.2) is 0 Å². The fourth-order valence-corrected chi connectivity index (χ4v) is 2.62. The number of hydrogen-bond donors (Lipinski definition) is 1. The van der Waals surface area contributed by atoms with E-state index in [0.29, 0.717) is 24.4 Å². The second-order valence-electron chi connectivity index (χ2n) is 5.48. The SMILES string of the molecule is O=C1CN(CCc2ccccc2F)C(=O)C(C2CC2)N1. The average Bonchev–Trinajstić information content (AvgIpc) is 3.25. The predicted molar refractivity (Wildman–Crippen MR) is 71.3 cm³/mol. The summed E-state index contributed by atoms with van der Waals surface area (Å²) in [4.78, 5) is 25.5. The molecular weight excluding hydrogens is 259 g/mol. The fraction of sp³-hybridized carbons (Fsp3) is 0.467. The molecule has 0 aromatic heterocycles. The number of piperazine rings is 1. The summed E-state index contributed by atoms with van der Waals surface area (Å²) in [5.41, 5.74) is 0.578. The maximum atomic E-state index is 13.5. The van der Waals surface area contributed by atoms with Crippen molar-refractivity contribution in [1.29, 1.82) is 0 Å². The molecule has 2 aliphatic rings. The monoisotopic (exact) mass is 276 g/mol. The summed E-state index contributed by atoms with van der Waals surface area (Å²) in [6, 6.07) is 6.17. The fourth-order valence-electron chi connectivity index (χ4n) is 2.62. The zero-order chi connectivity index (χ0) is 14.1. The van der Waals surface area contributed by atoms with Crippen LogP contribution in [0.3, 0.4) is 0 Å². The highest BCUT2D eigenvalue weighted by molar-refractivity contribution is 5.95. The van der Waals surface area contributed by atoms with Crippen molar-refractivity contribution < 1.29 is 14.0 Å². The Balaban J connectivity index is 1.65. The maximum absolute atomic E-state index is 13.5. The number of carbonyl (C=O) groups excluding carboxylic acids is 2. The highest BCUT2D eigenvalue weighted by Crippen LogP contribution is 2.34. The Morgan fingerprint density at radius 3 is 2.70 bits per heavy atom. The molecule has 1 unspecified atom stereocenters. The molecule has 3 rings (SSSR count). The smallest absolute Gasteiger partial charge is 0.245 e. The predicted octanol–water partition coefficient (Wildman–Crippen LogP) is 1.11. The topological polar surface area (TPSA) is 49.4 Å². The maximum Gasteiger partial charge on any atom is 0.245 e. The zero-order valence-corrected chi connectivity index (χ0v) is 11.1. The van der Waals surface area contributed by atoms with Crippen molar-refractivity contribution in [2.45, 2.75) is 25.3 Å². The van der Waals surface area contributed by atoms with Crippen LogP contribution in [0.25, 0.3) is 0 Å². The number of carbonyl (C=O) groups is 2. The number of amides is 2. The summed E-state index contributed by atoms with van der Waals surface area (Å²) in [6.45, 7) is 0.465. The Hall–Kier alpha value is -1.91. The molecule has 1 aliphatic carbocycles. The van der Waals surface area contributed by atoms with E-state index in [9.17, 15) is 14.0 Å². The van der Waals surface area contributed by atoms with Crippen molar-refractivity contribution in [1.82, 2.24) is 10.2 Å². The van der Waals surface area contributed by atoms with Crippen molar-refractivity contribution in [3.8, 4) is 0 Å². The molecule has 2 amide bonds. The van der Waals surface area contributed by atoms with Crippen LogP contribution in [0.5, 0.6) is 0 Å². The van der Waals surface area contributed by atoms with Crippen LogP contribution < -0.4 is 5.32 Å². The molecule has 1 aromatic carbocycles. The van der Waals surface area contributed by atoms with E-state index in [2.05, 4.69) is 5.32 Å². The number of nitrogens with zero attached hydrogens (tertiary/aromatic N) is 1. The first-order chi connectivity index (χ1) is 9.65. The van der Waals surface area contributed by atoms with E-state index in [0.717, 1.165) is 12.8 Å². The van der Waals surface area contributed by atoms with Gasteiger partial charge < -0.3 is 10.2 Å². The highest BCUT2D eigenvalue weighted by atomic mass is 19.1. The van der Waals surface area contributed by atoms with Crippen LogP contribution >= 0.6 is 0 Å². The molecular formula is C15H17FN2O2. The summed E-state index contributed by atoms with van der Waals surface area (Å²) < 4.78 is 13.5. The summed E-state index contributed by atoms with van der Waals surface area (Å²) in [7, 11) is 0. The molecule has 1 N–H and O–H groups in total. The second-order valence-corrected chi connectivity index (χ2v) is 5.48. The highest BCUT2D eigenvalue weighted by Gasteiger charge is 2.42. The van der Waals surface area contributed by atoms with Crippen molar-refractivity contribution in [3.63, 3.8) is 0 Å². The van der Waals surface area contributed by atoms with Gasteiger partial charge in [0, 0.05) is 6.54 Å². The number of rotatable bonds is 4. The van der Waals surface area contributed by atoms with Crippen LogP contribution in [0.1, 0.15) is 18.4 Å². The molecule has 1 aromatic rings. The van der Waals surface area contributed by atoms with Crippen molar-refractivity contribution in [3.05, 3.63) is 35.6 Å². The molecule has 1 saturated carbocycles. The Morgan fingerprint density at radius 2 is 2.00 bits per heavy atom. The normalized spacial score (nSPS) is 22.9. The lowest BCUT2D eigenvalue weighted by Crippen LogP contribution is -2.59. The van der Waals surface area contributed by atoms with E-state index in [-0.39, 0.29) is 30.2 Å². The molecule has 106 valence electrons. The van der Waals surface area contributed by atoms with Crippen molar-refractivity contribution in [2.24, 2.45) is 5.92 Å². The zero-order valence-electron chi connectivity index (χ0n) is 11.1. The Labute approximate surface area is 117 Å². The summed E-state index contributed by atoms with van der Waals surface area (Å²) >= 11 is 0. The first kappa shape index (κ1) is 13.1. The van der Waals surface area contributed by atoms with Gasteiger partial charge in [-0.3, -0.25) is 9.59 Å². The van der Waals surface area contributed by atoms with Gasteiger partial charge in [-0.05, 0) is 36.8 Å². The third kappa shape index (κ3) is 2.66. The first-order valence-corrected chi connectivity index (χ1v) is 6.96. The van der Waals surface area contributed by atoms with Crippen LogP contribution in [0, 0.1) is 11.7 Å². The van der Waals surface area contributed by atoms with Gasteiger partial charge >= 0.3 is 0 Å². The van der Waals surface area contributed by atoms with E-state index >= 15 is 0 Å². The Kier molecular flexibility index (Phi) is 3.42. The lowest BCUT2D eigenvalue weighted by atomic mass is 10.1. The summed E-state index contributed by atoms with van der Waals surface area (Å²) in [5, 5.41) is 2.76. The third-order valence-electron chi connectivity index (χ3n) is 3.93. The Morgan fingerprint density at radius 1 is 1.25 bits per heavy atom. The lowest BCUT2D eigenvalue weighted by molar-refractivity contribution is -0.144. The minimum Gasteiger partial charge on any atom is -0.342 e. The van der Waals surface area contributed by atoms with Gasteiger partial charge in [-0.15, -0.1) is 0 Å². The number of hydrogen-bond acceptors (Lipinski definition) is 2. The first-order valence-electron chi connectivity index (χ1n) is 6.96. The summed E-state index contributed by atoms with van der Waals surface area (Å²) in [6.07, 6.45) is 2.43. The summed E-state index contributed by atoms with van der Waals surface area (Å²) in [5.74, 6) is -0.110. The third-order valence-corrected chi connectivity index (χ3v) is 3.93. The van der Waals surface area contributed by atoms with E-state index in [4.69, 9.17) is 0 Å². The molecule has 1 aliphatic heterocycles. The number of halogens is 1.